The molecule has 12 heteroatoms. The second-order valence-electron chi connectivity index (χ2n) is 8.40. The number of benzene rings is 3. The average Bonchev–Trinajstić information content (AvgIpc) is 2.86. The van der Waals surface area contributed by atoms with Gasteiger partial charge >= 0.3 is 0 Å². The molecule has 8 nitrogen and oxygen atoms in total. The lowest BCUT2D eigenvalue weighted by Gasteiger charge is -2.22. The molecule has 0 spiro atoms. The van der Waals surface area contributed by atoms with Crippen molar-refractivity contribution in [2.75, 3.05) is 36.3 Å². The number of amides is 2. The Morgan fingerprint density at radius 2 is 1.79 bits per heavy atom. The summed E-state index contributed by atoms with van der Waals surface area (Å²) in [7, 11) is 3.29. The number of hydroxylamine groups is 1. The third kappa shape index (κ3) is 9.58. The van der Waals surface area contributed by atoms with Gasteiger partial charge in [0, 0.05) is 23.2 Å². The van der Waals surface area contributed by atoms with Gasteiger partial charge in [0.05, 0.1) is 17.1 Å². The van der Waals surface area contributed by atoms with Crippen molar-refractivity contribution in [3.63, 3.8) is 0 Å². The summed E-state index contributed by atoms with van der Waals surface area (Å²) in [5.74, 6) is -1.02. The molecule has 4 N–H and O–H groups in total. The summed E-state index contributed by atoms with van der Waals surface area (Å²) >= 11 is 9.47. The summed E-state index contributed by atoms with van der Waals surface area (Å²) in [4.78, 5) is 22.7. The highest BCUT2D eigenvalue weighted by atomic mass is 35.5. The number of quaternary nitrogens is 1. The molecule has 2 unspecified atom stereocenters. The van der Waals surface area contributed by atoms with Crippen LogP contribution in [0.1, 0.15) is 13.3 Å². The second kappa shape index (κ2) is 14.6. The van der Waals surface area contributed by atoms with Crippen molar-refractivity contribution in [2.45, 2.75) is 19.4 Å². The van der Waals surface area contributed by atoms with Gasteiger partial charge in [-0.15, -0.1) is 0 Å². The van der Waals surface area contributed by atoms with Gasteiger partial charge in [0.25, 0.3) is 0 Å². The maximum absolute atomic E-state index is 14.7. The number of anilines is 3. The third-order valence-corrected chi connectivity index (χ3v) is 5.73. The minimum absolute atomic E-state index is 0.129. The van der Waals surface area contributed by atoms with Gasteiger partial charge in [-0.3, -0.25) is 9.59 Å². The Kier molecular flexibility index (Phi) is 11.9. The molecule has 0 aliphatic carbocycles. The zero-order valence-corrected chi connectivity index (χ0v) is 22.8. The fraction of sp³-hybridized carbons (Fsp3) is 0.231. The van der Waals surface area contributed by atoms with Crippen LogP contribution in [0.4, 0.5) is 25.8 Å². The van der Waals surface area contributed by atoms with Gasteiger partial charge in [-0.1, -0.05) is 35.9 Å². The summed E-state index contributed by atoms with van der Waals surface area (Å²) in [5, 5.41) is 15.4. The Morgan fingerprint density at radius 3 is 2.37 bits per heavy atom. The molecule has 3 aromatic carbocycles. The summed E-state index contributed by atoms with van der Waals surface area (Å²) < 4.78 is 26.7. The number of halogens is 3. The summed E-state index contributed by atoms with van der Waals surface area (Å²) in [6, 6.07) is 16.2. The largest absolute Gasteiger partial charge is 0.326 e. The molecular weight excluding hydrogens is 536 g/mol. The number of rotatable bonds is 11. The molecule has 0 radical (unpaired) electrons. The van der Waals surface area contributed by atoms with E-state index < -0.39 is 15.8 Å². The van der Waals surface area contributed by atoms with Gasteiger partial charge in [0.2, 0.25) is 12.8 Å². The molecule has 0 aliphatic heterocycles. The molecule has 0 aromatic heterocycles. The molecule has 3 rings (SSSR count). The van der Waals surface area contributed by atoms with Crippen molar-refractivity contribution >= 4 is 54.3 Å². The number of nitrogens with one attached hydrogen (secondary N) is 3. The van der Waals surface area contributed by atoms with Gasteiger partial charge in [-0.25, -0.2) is 8.78 Å². The second-order valence-corrected chi connectivity index (χ2v) is 9.62. The van der Waals surface area contributed by atoms with Crippen LogP contribution >= 0.6 is 24.4 Å². The Hall–Kier alpha value is -3.22. The summed E-state index contributed by atoms with van der Waals surface area (Å²) in [5.41, 5.74) is 5.10. The highest BCUT2D eigenvalue weighted by molar-refractivity contribution is 7.74. The van der Waals surface area contributed by atoms with Gasteiger partial charge in [-0.05, 0) is 66.5 Å². The van der Waals surface area contributed by atoms with Crippen LogP contribution in [-0.2, 0) is 9.59 Å². The van der Waals surface area contributed by atoms with Gasteiger partial charge in [-0.2, -0.15) is 10.6 Å². The molecule has 38 heavy (non-hydrogen) atoms. The van der Waals surface area contributed by atoms with Crippen molar-refractivity contribution in [3.05, 3.63) is 77.3 Å². The first-order chi connectivity index (χ1) is 18.0. The maximum atomic E-state index is 14.7. The van der Waals surface area contributed by atoms with E-state index in [9.17, 15) is 23.6 Å². The third-order valence-electron chi connectivity index (χ3n) is 5.40. The summed E-state index contributed by atoms with van der Waals surface area (Å²) in [6.07, 6.45) is 1.76. The number of carbonyl (C=O) groups excluding carboxylic acids is 2. The van der Waals surface area contributed by atoms with Crippen molar-refractivity contribution in [1.29, 1.82) is 0 Å². The predicted molar refractivity (Wildman–Crippen MR) is 150 cm³/mol. The number of carbonyl (C=O) groups is 2. The topological polar surface area (TPSA) is 93.7 Å². The van der Waals surface area contributed by atoms with E-state index in [0.29, 0.717) is 47.6 Å². The average molecular weight is 567 g/mol. The number of thiol groups is 1. The zero-order valence-electron chi connectivity index (χ0n) is 21.2. The lowest BCUT2D eigenvalue weighted by atomic mass is 10.0. The fourth-order valence-corrected chi connectivity index (χ4v) is 3.61. The van der Waals surface area contributed by atoms with E-state index in [2.05, 4.69) is 28.9 Å². The molecular formula is C26H31ClF2N5O3S+. The van der Waals surface area contributed by atoms with E-state index in [1.54, 1.807) is 24.3 Å². The lowest BCUT2D eigenvalue weighted by molar-refractivity contribution is -0.955. The quantitative estimate of drug-likeness (QED) is 0.0913. The number of hydrogen-bond donors (Lipinski definition) is 5. The van der Waals surface area contributed by atoms with Crippen LogP contribution < -0.4 is 21.0 Å². The van der Waals surface area contributed by atoms with Crippen LogP contribution in [0.15, 0.2) is 60.7 Å². The Labute approximate surface area is 231 Å². The van der Waals surface area contributed by atoms with Crippen LogP contribution in [0.25, 0.3) is 11.1 Å². The maximum Gasteiger partial charge on any atom is 0.214 e. The Bertz CT molecular complexity index is 1230. The molecule has 0 fully saturated rings. The molecule has 0 heterocycles. The van der Waals surface area contributed by atoms with Crippen LogP contribution in [-0.4, -0.2) is 48.9 Å². The number of para-hydroxylation sites is 1. The van der Waals surface area contributed by atoms with Crippen molar-refractivity contribution in [1.82, 2.24) is 5.32 Å². The predicted octanol–water partition coefficient (Wildman–Crippen LogP) is 5.51. The first-order valence-corrected chi connectivity index (χ1v) is 12.3. The minimum Gasteiger partial charge on any atom is -0.326 e. The molecule has 0 aliphatic rings. The minimum atomic E-state index is -0.764. The van der Waals surface area contributed by atoms with Gasteiger partial charge < -0.3 is 15.5 Å². The molecule has 204 valence electrons. The van der Waals surface area contributed by atoms with Crippen LogP contribution in [0.3, 0.4) is 0 Å². The smallest absolute Gasteiger partial charge is 0.214 e. The van der Waals surface area contributed by atoms with Crippen molar-refractivity contribution in [2.24, 2.45) is 0 Å². The van der Waals surface area contributed by atoms with Gasteiger partial charge in [0.15, 0.2) is 0 Å². The van der Waals surface area contributed by atoms with Crippen molar-refractivity contribution in [3.8, 4) is 11.1 Å². The molecule has 0 saturated carbocycles. The summed E-state index contributed by atoms with van der Waals surface area (Å²) in [6.45, 7) is 2.42. The standard InChI is InChI=1S/C19H26FN4O2S.C7H5ClFNO/c1-14(21-2)10-11-23(13-25)19-9-8-15(12-17(19)20)16-6-4-5-7-18(16)22-24(3,26)27;8-5-1-2-7(10-4-11)6(9)3-5/h4-9,12-14,21-22,26-27H,10-11H2,1-3H3;1-4H,(H,10,11)/q+1;. The normalized spacial score (nSPS) is 12.8. The zero-order chi connectivity index (χ0) is 28.3. The van der Waals surface area contributed by atoms with E-state index in [1.807, 2.05) is 26.1 Å². The van der Waals surface area contributed by atoms with E-state index >= 15 is 0 Å². The first kappa shape index (κ1) is 31.0. The highest BCUT2D eigenvalue weighted by Crippen LogP contribution is 2.32. The lowest BCUT2D eigenvalue weighted by Crippen LogP contribution is -2.35. The van der Waals surface area contributed by atoms with E-state index in [-0.39, 0.29) is 17.4 Å². The fourth-order valence-electron chi connectivity index (χ4n) is 3.34. The number of nitrogens with zero attached hydrogens (tertiary/aromatic N) is 2. The van der Waals surface area contributed by atoms with Gasteiger partial charge in [0.1, 0.15) is 31.5 Å². The molecule has 2 atom stereocenters. The molecule has 2 amide bonds. The SMILES string of the molecule is CNC(C)CCN(C=O)c1ccc(-c2ccccc2N[N+](C)(O)S)cc1F.O=CNc1ccc(Cl)cc1F. The highest BCUT2D eigenvalue weighted by Gasteiger charge is 2.18. The molecule has 0 saturated heterocycles. The van der Waals surface area contributed by atoms with Crippen LogP contribution in [0, 0.1) is 11.6 Å². The van der Waals surface area contributed by atoms with Crippen molar-refractivity contribution < 1.29 is 27.7 Å². The molecule has 0 bridgehead atoms. The van der Waals surface area contributed by atoms with E-state index in [0.717, 1.165) is 6.07 Å². The number of hydrogen-bond acceptors (Lipinski definition) is 6. The van der Waals surface area contributed by atoms with E-state index in [1.165, 1.54) is 30.1 Å². The Morgan fingerprint density at radius 1 is 1.08 bits per heavy atom. The van der Waals surface area contributed by atoms with Crippen LogP contribution in [0.2, 0.25) is 5.02 Å². The monoisotopic (exact) mass is 566 g/mol. The molecule has 3 aromatic rings. The van der Waals surface area contributed by atoms with Crippen LogP contribution in [0.5, 0.6) is 0 Å². The first-order valence-electron chi connectivity index (χ1n) is 11.5. The Balaban J connectivity index is 0.000000384. The van der Waals surface area contributed by atoms with E-state index in [4.69, 9.17) is 11.6 Å².